The third-order valence-corrected chi connectivity index (χ3v) is 17.1. The average molecular weight is 940 g/mol. The van der Waals surface area contributed by atoms with Crippen LogP contribution in [0.15, 0.2) is 138 Å². The Labute approximate surface area is 429 Å². The van der Waals surface area contributed by atoms with E-state index in [0.29, 0.717) is 28.6 Å². The molecule has 3 aromatic carbocycles. The van der Waals surface area contributed by atoms with E-state index < -0.39 is 0 Å². The molecule has 376 valence electrons. The van der Waals surface area contributed by atoms with Crippen molar-refractivity contribution in [3.05, 3.63) is 183 Å². The van der Waals surface area contributed by atoms with Gasteiger partial charge in [-0.15, -0.1) is 0 Å². The number of hydrogen-bond donors (Lipinski definition) is 0. The van der Waals surface area contributed by atoms with Crippen LogP contribution in [0.1, 0.15) is 216 Å². The van der Waals surface area contributed by atoms with Gasteiger partial charge in [0.2, 0.25) is 0 Å². The summed E-state index contributed by atoms with van der Waals surface area (Å²) < 4.78 is 6.20. The molecular formula is C69H94O. The van der Waals surface area contributed by atoms with E-state index >= 15 is 0 Å². The van der Waals surface area contributed by atoms with E-state index in [1.54, 1.807) is 0 Å². The molecule has 0 saturated heterocycles. The number of hydrogen-bond acceptors (Lipinski definition) is 1. The second kappa shape index (κ2) is 20.1. The molecule has 3 fully saturated rings. The fourth-order valence-corrected chi connectivity index (χ4v) is 10.6. The van der Waals surface area contributed by atoms with Gasteiger partial charge in [0.05, 0.1) is 0 Å². The topological polar surface area (TPSA) is 9.23 Å². The Morgan fingerprint density at radius 2 is 0.957 bits per heavy atom. The first kappa shape index (κ1) is 54.7. The molecule has 0 N–H and O–H groups in total. The van der Waals surface area contributed by atoms with Crippen LogP contribution >= 0.6 is 0 Å². The summed E-state index contributed by atoms with van der Waals surface area (Å²) in [7, 11) is 0. The molecule has 0 spiro atoms. The van der Waals surface area contributed by atoms with E-state index in [1.165, 1.54) is 91.6 Å². The smallest absolute Gasteiger partial charge is 0.128 e. The highest BCUT2D eigenvalue weighted by Gasteiger charge is 2.52. The lowest BCUT2D eigenvalue weighted by Gasteiger charge is -2.32. The van der Waals surface area contributed by atoms with Gasteiger partial charge in [-0.1, -0.05) is 202 Å². The molecule has 3 aromatic rings. The van der Waals surface area contributed by atoms with E-state index in [9.17, 15) is 0 Å². The highest BCUT2D eigenvalue weighted by atomic mass is 16.5. The third kappa shape index (κ3) is 12.3. The van der Waals surface area contributed by atoms with Crippen LogP contribution in [0.3, 0.4) is 0 Å². The molecule has 6 atom stereocenters. The lowest BCUT2D eigenvalue weighted by Crippen LogP contribution is -2.28. The molecule has 0 unspecified atom stereocenters. The number of ether oxygens (including phenoxy) is 1. The summed E-state index contributed by atoms with van der Waals surface area (Å²) >= 11 is 0. The van der Waals surface area contributed by atoms with Gasteiger partial charge >= 0.3 is 0 Å². The van der Waals surface area contributed by atoms with Gasteiger partial charge in [0.1, 0.15) is 11.4 Å². The van der Waals surface area contributed by atoms with Crippen LogP contribution in [-0.2, 0) is 32.5 Å². The van der Waals surface area contributed by atoms with Crippen LogP contribution in [0.25, 0.3) is 11.1 Å². The third-order valence-electron chi connectivity index (χ3n) is 17.1. The first-order valence-corrected chi connectivity index (χ1v) is 26.9. The molecule has 4 aliphatic carbocycles. The molecule has 1 heteroatoms. The minimum absolute atomic E-state index is 0.189. The summed E-state index contributed by atoms with van der Waals surface area (Å²) in [6, 6.07) is 21.4. The Morgan fingerprint density at radius 1 is 0.529 bits per heavy atom. The molecule has 1 aliphatic heterocycles. The van der Waals surface area contributed by atoms with Crippen molar-refractivity contribution in [1.82, 2.24) is 0 Å². The van der Waals surface area contributed by atoms with Crippen molar-refractivity contribution in [2.24, 2.45) is 17.8 Å². The molecule has 0 radical (unpaired) electrons. The van der Waals surface area contributed by atoms with Gasteiger partial charge in [0, 0.05) is 5.56 Å². The van der Waals surface area contributed by atoms with Crippen molar-refractivity contribution in [3.8, 4) is 5.75 Å². The Balaban J connectivity index is 0.000000172. The number of allylic oxidation sites excluding steroid dienone is 15. The first-order valence-electron chi connectivity index (χ1n) is 26.9. The average Bonchev–Trinajstić information content (AvgIpc) is 4.26. The maximum Gasteiger partial charge on any atom is 0.128 e. The van der Waals surface area contributed by atoms with Crippen LogP contribution in [0.2, 0.25) is 0 Å². The van der Waals surface area contributed by atoms with Crippen LogP contribution in [0.4, 0.5) is 0 Å². The molecule has 1 nitrogen and oxygen atoms in total. The summed E-state index contributed by atoms with van der Waals surface area (Å²) in [6.45, 7) is 47.3. The van der Waals surface area contributed by atoms with Gasteiger partial charge in [-0.05, 0) is 207 Å². The summed E-state index contributed by atoms with van der Waals surface area (Å²) in [5.41, 5.74) is 19.7. The second-order valence-corrected chi connectivity index (χ2v) is 26.1. The molecule has 3 saturated carbocycles. The van der Waals surface area contributed by atoms with Gasteiger partial charge in [0.25, 0.3) is 0 Å². The monoisotopic (exact) mass is 939 g/mol. The molecule has 70 heavy (non-hydrogen) atoms. The van der Waals surface area contributed by atoms with Crippen molar-refractivity contribution < 1.29 is 4.74 Å². The van der Waals surface area contributed by atoms with Crippen molar-refractivity contribution in [3.63, 3.8) is 0 Å². The van der Waals surface area contributed by atoms with E-state index in [0.717, 1.165) is 12.2 Å². The van der Waals surface area contributed by atoms with E-state index in [4.69, 9.17) is 4.74 Å². The highest BCUT2D eigenvalue weighted by Crippen LogP contribution is 2.58. The van der Waals surface area contributed by atoms with Crippen molar-refractivity contribution in [2.75, 3.05) is 0 Å². The van der Waals surface area contributed by atoms with Crippen molar-refractivity contribution in [1.29, 1.82) is 0 Å². The Morgan fingerprint density at radius 3 is 1.40 bits per heavy atom. The fourth-order valence-electron chi connectivity index (χ4n) is 10.6. The normalized spacial score (nSPS) is 27.9. The highest BCUT2D eigenvalue weighted by molar-refractivity contribution is 5.73. The maximum absolute atomic E-state index is 6.20. The summed E-state index contributed by atoms with van der Waals surface area (Å²) in [5.74, 6) is 3.00. The Hall–Kier alpha value is -4.62. The summed E-state index contributed by atoms with van der Waals surface area (Å²) in [6.07, 6.45) is 30.0. The van der Waals surface area contributed by atoms with Crippen LogP contribution in [0, 0.1) is 17.8 Å². The standard InChI is InChI=1S/C24H36.C23H30.C22H28O/c1-10-17(2)11-12-18-16-24(18,9)21-14-19(22(3,4)5)13-20(15-21)23(6,7)8;1-7-16(2)8-9-19-15-23(19,6)18-10-11-21-20(14-18)17(3)12-13-22(21,4)5;1-7-15(2)8-9-18-14-22(18,6)17-10-11-19-16(3)13-21(4,5)23-20(19)12-17/h10-15,18H,16H2,1-9H3;7-12,14,19H,13,15H2,1-6H3;7-13,18H,14H2,1-6H3/b12-11+,17-10+;9-8+,16-7+;9-8+,15-7+/t18-,24+;19-,23-;18-,22-/m111/s1. The second-order valence-electron chi connectivity index (χ2n) is 26.1. The minimum atomic E-state index is -0.220. The van der Waals surface area contributed by atoms with Gasteiger partial charge in [0.15, 0.2) is 0 Å². The minimum Gasteiger partial charge on any atom is -0.483 e. The fraction of sp³-hybridized carbons (Fsp3) is 0.507. The van der Waals surface area contributed by atoms with Gasteiger partial charge in [-0.25, -0.2) is 0 Å². The zero-order chi connectivity index (χ0) is 52.0. The van der Waals surface area contributed by atoms with Gasteiger partial charge in [-0.3, -0.25) is 0 Å². The van der Waals surface area contributed by atoms with Gasteiger partial charge < -0.3 is 4.74 Å². The molecular weight excluding hydrogens is 845 g/mol. The molecule has 1 heterocycles. The van der Waals surface area contributed by atoms with Gasteiger partial charge in [-0.2, -0.15) is 0 Å². The quantitative estimate of drug-likeness (QED) is 0.194. The van der Waals surface area contributed by atoms with Crippen LogP contribution in [0.5, 0.6) is 5.75 Å². The molecule has 0 bridgehead atoms. The predicted octanol–water partition coefficient (Wildman–Crippen LogP) is 19.7. The molecule has 0 aromatic heterocycles. The number of fused-ring (bicyclic) bond motifs is 2. The number of benzene rings is 3. The molecule has 0 amide bonds. The lowest BCUT2D eigenvalue weighted by molar-refractivity contribution is 0.158. The molecule has 5 aliphatic rings. The summed E-state index contributed by atoms with van der Waals surface area (Å²) in [5, 5.41) is 0. The van der Waals surface area contributed by atoms with E-state index in [-0.39, 0.29) is 27.3 Å². The Bertz CT molecular complexity index is 2640. The van der Waals surface area contributed by atoms with Crippen molar-refractivity contribution >= 4 is 11.1 Å². The van der Waals surface area contributed by atoms with Crippen molar-refractivity contribution in [2.45, 2.75) is 209 Å². The van der Waals surface area contributed by atoms with Crippen LogP contribution < -0.4 is 4.74 Å². The zero-order valence-electron chi connectivity index (χ0n) is 48.0. The SMILES string of the molecule is C/C=C(C)/C=C/[C@@H]1C[C@]1(C)c1cc(C(C)(C)C)cc(C(C)(C)C)c1.C/C=C(C)/C=C/[C@@H]1C[C@]1(C)c1ccc2c(c1)C(C)=CCC2(C)C.C/C=C(C)/C=C/[C@@H]1C[C@]1(C)c1ccc2c(c1)OC(C)(C)C=C2C. The lowest BCUT2D eigenvalue weighted by atomic mass is 9.72. The Kier molecular flexibility index (Phi) is 15.7. The van der Waals surface area contributed by atoms with E-state index in [1.807, 2.05) is 0 Å². The number of rotatable bonds is 9. The van der Waals surface area contributed by atoms with E-state index in [2.05, 4.69) is 267 Å². The first-order chi connectivity index (χ1) is 32.4. The molecule has 8 rings (SSSR count). The zero-order valence-corrected chi connectivity index (χ0v) is 48.0. The largest absolute Gasteiger partial charge is 0.483 e. The van der Waals surface area contributed by atoms with Crippen LogP contribution in [-0.4, -0.2) is 5.60 Å². The predicted molar refractivity (Wildman–Crippen MR) is 308 cm³/mol. The maximum atomic E-state index is 6.20. The summed E-state index contributed by atoms with van der Waals surface area (Å²) in [4.78, 5) is 0.